The summed E-state index contributed by atoms with van der Waals surface area (Å²) in [5.41, 5.74) is 2.82. The first-order valence-electron chi connectivity index (χ1n) is 7.61. The molecule has 0 heterocycles. The Balaban J connectivity index is 1.90. The number of benzene rings is 3. The van der Waals surface area contributed by atoms with Gasteiger partial charge < -0.3 is 5.11 Å². The maximum absolute atomic E-state index is 9.98. The first-order valence-corrected chi connectivity index (χ1v) is 8.41. The lowest BCUT2D eigenvalue weighted by Crippen LogP contribution is -2.16. The predicted octanol–water partition coefficient (Wildman–Crippen LogP) is 5.20. The average Bonchev–Trinajstić information content (AvgIpc) is 2.63. The van der Waals surface area contributed by atoms with E-state index in [1.165, 1.54) is 0 Å². The fourth-order valence-electron chi connectivity index (χ4n) is 2.32. The van der Waals surface area contributed by atoms with Crippen molar-refractivity contribution in [2.75, 3.05) is 5.01 Å². The number of phenolic OH excluding ortho intramolecular Hbond substituents is 1. The molecule has 0 unspecified atom stereocenters. The van der Waals surface area contributed by atoms with E-state index in [2.05, 4.69) is 33.2 Å². The van der Waals surface area contributed by atoms with E-state index in [1.54, 1.807) is 18.3 Å². The second kappa shape index (κ2) is 7.79. The SMILES string of the molecule is Oc1ccc(Br)cc1/C=N/N(Cc1ccccc1)c1ccccc1. The summed E-state index contributed by atoms with van der Waals surface area (Å²) < 4.78 is 0.899. The molecule has 3 aromatic carbocycles. The van der Waals surface area contributed by atoms with Crippen LogP contribution < -0.4 is 5.01 Å². The Morgan fingerprint density at radius 1 is 0.917 bits per heavy atom. The van der Waals surface area contributed by atoms with Gasteiger partial charge in [-0.15, -0.1) is 0 Å². The molecular formula is C20H17BrN2O. The maximum atomic E-state index is 9.98. The molecule has 1 N–H and O–H groups in total. The Labute approximate surface area is 150 Å². The number of halogens is 1. The Kier molecular flexibility index (Phi) is 5.29. The third-order valence-corrected chi connectivity index (χ3v) is 4.05. The highest BCUT2D eigenvalue weighted by molar-refractivity contribution is 9.10. The van der Waals surface area contributed by atoms with Gasteiger partial charge in [0.15, 0.2) is 0 Å². The van der Waals surface area contributed by atoms with E-state index >= 15 is 0 Å². The van der Waals surface area contributed by atoms with Crippen LogP contribution in [-0.2, 0) is 6.54 Å². The maximum Gasteiger partial charge on any atom is 0.124 e. The van der Waals surface area contributed by atoms with Gasteiger partial charge in [0.05, 0.1) is 18.4 Å². The van der Waals surface area contributed by atoms with Crippen LogP contribution in [0.2, 0.25) is 0 Å². The zero-order chi connectivity index (χ0) is 16.8. The van der Waals surface area contributed by atoms with Crippen LogP contribution in [0.3, 0.4) is 0 Å². The highest BCUT2D eigenvalue weighted by Gasteiger charge is 2.06. The molecule has 0 bridgehead atoms. The van der Waals surface area contributed by atoms with Gasteiger partial charge in [-0.1, -0.05) is 64.5 Å². The zero-order valence-electron chi connectivity index (χ0n) is 13.0. The lowest BCUT2D eigenvalue weighted by atomic mass is 10.2. The minimum atomic E-state index is 0.203. The van der Waals surface area contributed by atoms with Gasteiger partial charge in [0.1, 0.15) is 5.75 Å². The minimum absolute atomic E-state index is 0.203. The molecule has 120 valence electrons. The van der Waals surface area contributed by atoms with Crippen LogP contribution in [0, 0.1) is 0 Å². The van der Waals surface area contributed by atoms with Gasteiger partial charge >= 0.3 is 0 Å². The van der Waals surface area contributed by atoms with Crippen molar-refractivity contribution >= 4 is 27.8 Å². The summed E-state index contributed by atoms with van der Waals surface area (Å²) in [6, 6.07) is 25.4. The van der Waals surface area contributed by atoms with Crippen molar-refractivity contribution in [2.24, 2.45) is 5.10 Å². The van der Waals surface area contributed by atoms with Crippen LogP contribution in [0.15, 0.2) is 88.4 Å². The molecule has 3 rings (SSSR count). The third-order valence-electron chi connectivity index (χ3n) is 3.56. The van der Waals surface area contributed by atoms with Crippen molar-refractivity contribution in [3.63, 3.8) is 0 Å². The predicted molar refractivity (Wildman–Crippen MR) is 102 cm³/mol. The van der Waals surface area contributed by atoms with E-state index in [0.717, 1.165) is 15.7 Å². The Morgan fingerprint density at radius 2 is 1.58 bits per heavy atom. The first-order chi connectivity index (χ1) is 11.7. The molecule has 0 spiro atoms. The van der Waals surface area contributed by atoms with Gasteiger partial charge in [0, 0.05) is 10.0 Å². The van der Waals surface area contributed by atoms with E-state index in [1.807, 2.05) is 59.6 Å². The second-order valence-corrected chi connectivity index (χ2v) is 6.24. The molecule has 0 aliphatic heterocycles. The van der Waals surface area contributed by atoms with Gasteiger partial charge in [-0.2, -0.15) is 5.10 Å². The summed E-state index contributed by atoms with van der Waals surface area (Å²) in [7, 11) is 0. The molecule has 3 nitrogen and oxygen atoms in total. The van der Waals surface area contributed by atoms with Crippen molar-refractivity contribution in [1.82, 2.24) is 0 Å². The highest BCUT2D eigenvalue weighted by Crippen LogP contribution is 2.22. The van der Waals surface area contributed by atoms with Crippen molar-refractivity contribution in [3.05, 3.63) is 94.5 Å². The topological polar surface area (TPSA) is 35.8 Å². The number of aromatic hydroxyl groups is 1. The Morgan fingerprint density at radius 3 is 2.29 bits per heavy atom. The molecule has 0 aromatic heterocycles. The van der Waals surface area contributed by atoms with Crippen molar-refractivity contribution < 1.29 is 5.11 Å². The number of hydrogen-bond donors (Lipinski definition) is 1. The fraction of sp³-hybridized carbons (Fsp3) is 0.0500. The molecule has 0 aliphatic rings. The summed E-state index contributed by atoms with van der Waals surface area (Å²) in [6.45, 7) is 0.649. The molecule has 3 aromatic rings. The van der Waals surface area contributed by atoms with Crippen molar-refractivity contribution in [3.8, 4) is 5.75 Å². The van der Waals surface area contributed by atoms with E-state index in [0.29, 0.717) is 12.1 Å². The summed E-state index contributed by atoms with van der Waals surface area (Å²) in [5.74, 6) is 0.203. The van der Waals surface area contributed by atoms with E-state index in [9.17, 15) is 5.11 Å². The molecule has 0 amide bonds. The monoisotopic (exact) mass is 380 g/mol. The lowest BCUT2D eigenvalue weighted by Gasteiger charge is -2.19. The van der Waals surface area contributed by atoms with Crippen LogP contribution in [0.4, 0.5) is 5.69 Å². The van der Waals surface area contributed by atoms with E-state index < -0.39 is 0 Å². The zero-order valence-corrected chi connectivity index (χ0v) is 14.6. The molecule has 24 heavy (non-hydrogen) atoms. The van der Waals surface area contributed by atoms with Crippen LogP contribution in [0.5, 0.6) is 5.75 Å². The van der Waals surface area contributed by atoms with Crippen molar-refractivity contribution in [2.45, 2.75) is 6.54 Å². The minimum Gasteiger partial charge on any atom is -0.507 e. The van der Waals surface area contributed by atoms with E-state index in [4.69, 9.17) is 0 Å². The molecular weight excluding hydrogens is 364 g/mol. The van der Waals surface area contributed by atoms with Crippen LogP contribution >= 0.6 is 15.9 Å². The van der Waals surface area contributed by atoms with Crippen LogP contribution in [-0.4, -0.2) is 11.3 Å². The number of anilines is 1. The summed E-state index contributed by atoms with van der Waals surface area (Å²) in [4.78, 5) is 0. The standard InChI is InChI=1S/C20H17BrN2O/c21-18-11-12-20(24)17(13-18)14-22-23(19-9-5-2-6-10-19)15-16-7-3-1-4-8-16/h1-14,24H,15H2/b22-14+. The van der Waals surface area contributed by atoms with Gasteiger partial charge in [-0.3, -0.25) is 5.01 Å². The number of hydrogen-bond acceptors (Lipinski definition) is 3. The number of para-hydroxylation sites is 1. The molecule has 4 heteroatoms. The van der Waals surface area contributed by atoms with Gasteiger partial charge in [-0.05, 0) is 35.9 Å². The van der Waals surface area contributed by atoms with E-state index in [-0.39, 0.29) is 5.75 Å². The summed E-state index contributed by atoms with van der Waals surface area (Å²) in [5, 5.41) is 16.5. The third kappa shape index (κ3) is 4.24. The summed E-state index contributed by atoms with van der Waals surface area (Å²) >= 11 is 3.42. The number of hydrazone groups is 1. The van der Waals surface area contributed by atoms with Gasteiger partial charge in [0.25, 0.3) is 0 Å². The van der Waals surface area contributed by atoms with Gasteiger partial charge in [0.2, 0.25) is 0 Å². The molecule has 0 aliphatic carbocycles. The molecule has 0 saturated heterocycles. The normalized spacial score (nSPS) is 10.9. The molecule has 0 radical (unpaired) electrons. The molecule has 0 saturated carbocycles. The Bertz CT molecular complexity index is 820. The van der Waals surface area contributed by atoms with Crippen molar-refractivity contribution in [1.29, 1.82) is 0 Å². The number of nitrogens with zero attached hydrogens (tertiary/aromatic N) is 2. The molecule has 0 fully saturated rings. The quantitative estimate of drug-likeness (QED) is 0.487. The van der Waals surface area contributed by atoms with Crippen LogP contribution in [0.1, 0.15) is 11.1 Å². The molecule has 0 atom stereocenters. The summed E-state index contributed by atoms with van der Waals surface area (Å²) in [6.07, 6.45) is 1.68. The largest absolute Gasteiger partial charge is 0.507 e. The smallest absolute Gasteiger partial charge is 0.124 e. The van der Waals surface area contributed by atoms with Gasteiger partial charge in [-0.25, -0.2) is 0 Å². The van der Waals surface area contributed by atoms with Crippen LogP contribution in [0.25, 0.3) is 0 Å². The first kappa shape index (κ1) is 16.3. The lowest BCUT2D eigenvalue weighted by molar-refractivity contribution is 0.474. The fourth-order valence-corrected chi connectivity index (χ4v) is 2.69. The Hall–Kier alpha value is -2.59. The average molecular weight is 381 g/mol. The number of rotatable bonds is 5. The second-order valence-electron chi connectivity index (χ2n) is 5.33. The number of phenols is 1. The highest BCUT2D eigenvalue weighted by atomic mass is 79.9.